The first kappa shape index (κ1) is 17.6. The maximum absolute atomic E-state index is 6.33. The Morgan fingerprint density at radius 2 is 1.59 bits per heavy atom. The van der Waals surface area contributed by atoms with Gasteiger partial charge in [0.25, 0.3) is 0 Å². The maximum atomic E-state index is 6.33. The minimum Gasteiger partial charge on any atom is -0.457 e. The Balaban J connectivity index is 1.54. The van der Waals surface area contributed by atoms with Crippen LogP contribution in [0, 0.1) is 0 Å². The topological polar surface area (TPSA) is 92.0 Å². The number of pyridine rings is 1. The highest BCUT2D eigenvalue weighted by Crippen LogP contribution is 2.38. The molecule has 4 N–H and O–H groups in total. The number of nitrogens with two attached hydrogens (primary N) is 2. The molecule has 0 aliphatic heterocycles. The molecule has 0 saturated heterocycles. The van der Waals surface area contributed by atoms with Gasteiger partial charge in [0.1, 0.15) is 17.3 Å². The average molecular weight is 385 g/mol. The molecule has 2 heterocycles. The van der Waals surface area contributed by atoms with Crippen LogP contribution in [-0.4, -0.2) is 14.8 Å². The maximum Gasteiger partial charge on any atom is 0.163 e. The van der Waals surface area contributed by atoms with Crippen molar-refractivity contribution < 1.29 is 4.74 Å². The second-order valence-corrected chi connectivity index (χ2v) is 7.50. The Morgan fingerprint density at radius 3 is 2.31 bits per heavy atom. The summed E-state index contributed by atoms with van der Waals surface area (Å²) >= 11 is 0. The summed E-state index contributed by atoms with van der Waals surface area (Å²) < 4.78 is 7.87. The first-order valence-electron chi connectivity index (χ1n) is 9.96. The molecule has 0 bridgehead atoms. The molecule has 4 aromatic rings. The number of benzene rings is 2. The van der Waals surface area contributed by atoms with Crippen molar-refractivity contribution in [3.05, 3.63) is 60.7 Å². The van der Waals surface area contributed by atoms with E-state index in [0.717, 1.165) is 46.5 Å². The van der Waals surface area contributed by atoms with Crippen molar-refractivity contribution in [3.63, 3.8) is 0 Å². The Bertz CT molecular complexity index is 1150. The fourth-order valence-electron chi connectivity index (χ4n) is 4.14. The lowest BCUT2D eigenvalue weighted by Crippen LogP contribution is -2.08. The smallest absolute Gasteiger partial charge is 0.163 e. The molecule has 0 unspecified atom stereocenters. The van der Waals surface area contributed by atoms with Gasteiger partial charge in [-0.3, -0.25) is 0 Å². The first-order chi connectivity index (χ1) is 14.2. The summed E-state index contributed by atoms with van der Waals surface area (Å²) in [6.45, 7) is 0. The van der Waals surface area contributed by atoms with Gasteiger partial charge < -0.3 is 16.2 Å². The van der Waals surface area contributed by atoms with Gasteiger partial charge in [0, 0.05) is 5.56 Å². The highest BCUT2D eigenvalue weighted by molar-refractivity contribution is 6.01. The zero-order valence-corrected chi connectivity index (χ0v) is 16.1. The molecule has 0 atom stereocenters. The van der Waals surface area contributed by atoms with Gasteiger partial charge in [-0.05, 0) is 48.7 Å². The fourth-order valence-corrected chi connectivity index (χ4v) is 4.14. The second kappa shape index (κ2) is 7.13. The molecule has 0 radical (unpaired) electrons. The van der Waals surface area contributed by atoms with Crippen molar-refractivity contribution in [1.29, 1.82) is 0 Å². The van der Waals surface area contributed by atoms with Crippen molar-refractivity contribution in [2.24, 2.45) is 0 Å². The SMILES string of the molecule is Nc1cc(-c2ccc(Oc3ccccc3)cc2)c2c(N)nn(C3CCCC3)c2n1. The van der Waals surface area contributed by atoms with Gasteiger partial charge >= 0.3 is 0 Å². The number of anilines is 2. The predicted octanol–water partition coefficient (Wildman–Crippen LogP) is 5.17. The van der Waals surface area contributed by atoms with E-state index in [0.29, 0.717) is 17.7 Å². The molecule has 1 aliphatic rings. The van der Waals surface area contributed by atoms with E-state index in [9.17, 15) is 0 Å². The fraction of sp³-hybridized carbons (Fsp3) is 0.217. The summed E-state index contributed by atoms with van der Waals surface area (Å²) in [7, 11) is 0. The molecule has 146 valence electrons. The van der Waals surface area contributed by atoms with E-state index < -0.39 is 0 Å². The van der Waals surface area contributed by atoms with Crippen LogP contribution in [0.3, 0.4) is 0 Å². The highest BCUT2D eigenvalue weighted by Gasteiger charge is 2.24. The molecule has 5 rings (SSSR count). The Labute approximate surface area is 169 Å². The standard InChI is InChI=1S/C23H23N5O/c24-20-14-19(15-10-12-18(13-11-15)29-17-8-2-1-3-9-17)21-22(25)27-28(23(21)26-20)16-6-4-5-7-16/h1-3,8-14,16H,4-7H2,(H2,24,26)(H2,25,27). The van der Waals surface area contributed by atoms with Crippen LogP contribution in [0.2, 0.25) is 0 Å². The van der Waals surface area contributed by atoms with E-state index in [2.05, 4.69) is 10.1 Å². The molecule has 0 amide bonds. The van der Waals surface area contributed by atoms with Crippen LogP contribution in [0.1, 0.15) is 31.7 Å². The normalized spacial score (nSPS) is 14.5. The quantitative estimate of drug-likeness (QED) is 0.505. The number of ether oxygens (including phenoxy) is 1. The van der Waals surface area contributed by atoms with E-state index in [1.54, 1.807) is 0 Å². The Morgan fingerprint density at radius 1 is 0.897 bits per heavy atom. The van der Waals surface area contributed by atoms with Gasteiger partial charge in [-0.15, -0.1) is 0 Å². The summed E-state index contributed by atoms with van der Waals surface area (Å²) in [5, 5.41) is 5.49. The Hall–Kier alpha value is -3.54. The number of hydrogen-bond acceptors (Lipinski definition) is 5. The molecular formula is C23H23N5O. The minimum atomic E-state index is 0.346. The number of hydrogen-bond donors (Lipinski definition) is 2. The third-order valence-electron chi connectivity index (χ3n) is 5.52. The van der Waals surface area contributed by atoms with Crippen LogP contribution in [0.5, 0.6) is 11.5 Å². The van der Waals surface area contributed by atoms with Gasteiger partial charge in [0.2, 0.25) is 0 Å². The predicted molar refractivity (Wildman–Crippen MR) is 116 cm³/mol. The number of rotatable bonds is 4. The summed E-state index contributed by atoms with van der Waals surface area (Å²) in [6, 6.07) is 19.9. The zero-order chi connectivity index (χ0) is 19.8. The number of aromatic nitrogens is 3. The Kier molecular flexibility index (Phi) is 4.31. The molecule has 0 spiro atoms. The number of fused-ring (bicyclic) bond motifs is 1. The lowest BCUT2D eigenvalue weighted by Gasteiger charge is -2.12. The summed E-state index contributed by atoms with van der Waals surface area (Å²) in [6.07, 6.45) is 4.63. The molecular weight excluding hydrogens is 362 g/mol. The number of nitrogens with zero attached hydrogens (tertiary/aromatic N) is 3. The van der Waals surface area contributed by atoms with Crippen LogP contribution < -0.4 is 16.2 Å². The minimum absolute atomic E-state index is 0.346. The van der Waals surface area contributed by atoms with Crippen LogP contribution in [0.4, 0.5) is 11.6 Å². The van der Waals surface area contributed by atoms with Gasteiger partial charge in [-0.2, -0.15) is 5.10 Å². The van der Waals surface area contributed by atoms with Gasteiger partial charge in [0.05, 0.1) is 11.4 Å². The van der Waals surface area contributed by atoms with E-state index in [4.69, 9.17) is 16.2 Å². The number of nitrogen functional groups attached to an aromatic ring is 2. The molecule has 1 fully saturated rings. The van der Waals surface area contributed by atoms with Crippen molar-refractivity contribution >= 4 is 22.7 Å². The first-order valence-corrected chi connectivity index (χ1v) is 9.96. The average Bonchev–Trinajstić information content (AvgIpc) is 3.37. The van der Waals surface area contributed by atoms with Gasteiger partial charge in [0.15, 0.2) is 11.5 Å². The van der Waals surface area contributed by atoms with E-state index in [1.165, 1.54) is 12.8 Å². The van der Waals surface area contributed by atoms with Gasteiger partial charge in [-0.25, -0.2) is 9.67 Å². The van der Waals surface area contributed by atoms with Crippen LogP contribution >= 0.6 is 0 Å². The van der Waals surface area contributed by atoms with Crippen molar-refractivity contribution in [3.8, 4) is 22.6 Å². The number of para-hydroxylation sites is 1. The van der Waals surface area contributed by atoms with E-state index in [-0.39, 0.29) is 0 Å². The monoisotopic (exact) mass is 385 g/mol. The molecule has 1 saturated carbocycles. The zero-order valence-electron chi connectivity index (χ0n) is 16.1. The summed E-state index contributed by atoms with van der Waals surface area (Å²) in [5.74, 6) is 2.54. The molecule has 29 heavy (non-hydrogen) atoms. The molecule has 1 aliphatic carbocycles. The largest absolute Gasteiger partial charge is 0.457 e. The highest BCUT2D eigenvalue weighted by atomic mass is 16.5. The van der Waals surface area contributed by atoms with Crippen LogP contribution in [0.15, 0.2) is 60.7 Å². The third kappa shape index (κ3) is 3.27. The van der Waals surface area contributed by atoms with Crippen LogP contribution in [-0.2, 0) is 0 Å². The lowest BCUT2D eigenvalue weighted by molar-refractivity contribution is 0.480. The van der Waals surface area contributed by atoms with Crippen LogP contribution in [0.25, 0.3) is 22.2 Å². The van der Waals surface area contributed by atoms with Crippen molar-refractivity contribution in [2.45, 2.75) is 31.7 Å². The summed E-state index contributed by atoms with van der Waals surface area (Å²) in [5.41, 5.74) is 15.2. The molecule has 6 nitrogen and oxygen atoms in total. The molecule has 6 heteroatoms. The second-order valence-electron chi connectivity index (χ2n) is 7.50. The molecule has 2 aromatic carbocycles. The summed E-state index contributed by atoms with van der Waals surface area (Å²) in [4.78, 5) is 4.57. The van der Waals surface area contributed by atoms with Crippen molar-refractivity contribution in [1.82, 2.24) is 14.8 Å². The third-order valence-corrected chi connectivity index (χ3v) is 5.52. The molecule has 2 aromatic heterocycles. The lowest BCUT2D eigenvalue weighted by atomic mass is 10.0. The van der Waals surface area contributed by atoms with Crippen molar-refractivity contribution in [2.75, 3.05) is 11.5 Å². The van der Waals surface area contributed by atoms with Gasteiger partial charge in [-0.1, -0.05) is 43.2 Å². The van der Waals surface area contributed by atoms with E-state index >= 15 is 0 Å². The van der Waals surface area contributed by atoms with E-state index in [1.807, 2.05) is 65.3 Å².